The molecule has 2 rings (SSSR count). The number of nitrogens with zero attached hydrogens (tertiary/aromatic N) is 1. The second-order valence-electron chi connectivity index (χ2n) is 3.77. The van der Waals surface area contributed by atoms with Crippen LogP contribution in [0.4, 0.5) is 0 Å². The lowest BCUT2D eigenvalue weighted by molar-refractivity contribution is 0.308. The summed E-state index contributed by atoms with van der Waals surface area (Å²) in [6.45, 7) is 0.113. The van der Waals surface area contributed by atoms with Gasteiger partial charge in [-0.1, -0.05) is 52.6 Å². The van der Waals surface area contributed by atoms with Gasteiger partial charge in [0.15, 0.2) is 0 Å². The third kappa shape index (κ3) is 3.63. The van der Waals surface area contributed by atoms with E-state index in [4.69, 9.17) is 33.1 Å². The molecule has 0 saturated heterocycles. The first-order chi connectivity index (χ1) is 9.20. The van der Waals surface area contributed by atoms with E-state index in [0.29, 0.717) is 21.5 Å². The van der Waals surface area contributed by atoms with Crippen LogP contribution in [0.5, 0.6) is 5.75 Å². The summed E-state index contributed by atoms with van der Waals surface area (Å²) in [6, 6.07) is 14.1. The van der Waals surface area contributed by atoms with Crippen LogP contribution in [0.15, 0.2) is 53.7 Å². The minimum atomic E-state index is 0.113. The first-order valence-electron chi connectivity index (χ1n) is 5.55. The maximum absolute atomic E-state index is 9.04. The molecule has 0 atom stereocenters. The van der Waals surface area contributed by atoms with Crippen LogP contribution in [-0.2, 0) is 0 Å². The molecule has 0 aromatic heterocycles. The molecule has 0 bridgehead atoms. The highest BCUT2D eigenvalue weighted by molar-refractivity contribution is 6.32. The summed E-state index contributed by atoms with van der Waals surface area (Å²) in [5, 5.41) is 13.4. The summed E-state index contributed by atoms with van der Waals surface area (Å²) in [7, 11) is 0. The van der Waals surface area contributed by atoms with Crippen LogP contribution in [0.1, 0.15) is 5.56 Å². The molecule has 1 N–H and O–H groups in total. The van der Waals surface area contributed by atoms with E-state index < -0.39 is 0 Å². The fourth-order valence-electron chi connectivity index (χ4n) is 1.52. The molecule has 2 aromatic carbocycles. The van der Waals surface area contributed by atoms with Gasteiger partial charge in [0.1, 0.15) is 18.1 Å². The van der Waals surface area contributed by atoms with Crippen LogP contribution in [-0.4, -0.2) is 17.5 Å². The van der Waals surface area contributed by atoms with Gasteiger partial charge in [0.2, 0.25) is 0 Å². The first-order valence-corrected chi connectivity index (χ1v) is 6.30. The Hall–Kier alpha value is -1.71. The van der Waals surface area contributed by atoms with Crippen LogP contribution in [0.3, 0.4) is 0 Å². The van der Waals surface area contributed by atoms with E-state index in [1.165, 1.54) is 0 Å². The molecule has 19 heavy (non-hydrogen) atoms. The van der Waals surface area contributed by atoms with Gasteiger partial charge < -0.3 is 9.94 Å². The normalized spacial score (nSPS) is 11.4. The fourth-order valence-corrected chi connectivity index (χ4v) is 1.84. The number of hydrogen-bond acceptors (Lipinski definition) is 3. The highest BCUT2D eigenvalue weighted by atomic mass is 35.5. The maximum atomic E-state index is 9.04. The Morgan fingerprint density at radius 2 is 1.74 bits per heavy atom. The molecule has 0 saturated carbocycles. The zero-order valence-corrected chi connectivity index (χ0v) is 11.4. The molecule has 5 heteroatoms. The Bertz CT molecular complexity index is 582. The molecule has 0 aliphatic rings. The first kappa shape index (κ1) is 13.7. The van der Waals surface area contributed by atoms with E-state index in [0.717, 1.165) is 5.56 Å². The summed E-state index contributed by atoms with van der Waals surface area (Å²) < 4.78 is 5.52. The molecule has 0 amide bonds. The monoisotopic (exact) mass is 295 g/mol. The number of rotatable bonds is 4. The van der Waals surface area contributed by atoms with Crippen LogP contribution in [0.25, 0.3) is 0 Å². The molecule has 98 valence electrons. The lowest BCUT2D eigenvalue weighted by atomic mass is 10.1. The van der Waals surface area contributed by atoms with Crippen molar-refractivity contribution in [1.29, 1.82) is 0 Å². The number of benzene rings is 2. The number of ether oxygens (including phenoxy) is 1. The summed E-state index contributed by atoms with van der Waals surface area (Å²) in [4.78, 5) is 0. The molecular formula is C14H11Cl2NO2. The Morgan fingerprint density at radius 3 is 2.37 bits per heavy atom. The van der Waals surface area contributed by atoms with Gasteiger partial charge in [-0.25, -0.2) is 0 Å². The van der Waals surface area contributed by atoms with E-state index >= 15 is 0 Å². The van der Waals surface area contributed by atoms with Gasteiger partial charge in [-0.2, -0.15) is 0 Å². The van der Waals surface area contributed by atoms with E-state index in [2.05, 4.69) is 5.16 Å². The quantitative estimate of drug-likeness (QED) is 0.520. The molecule has 2 aromatic rings. The number of oxime groups is 1. The van der Waals surface area contributed by atoms with Crippen molar-refractivity contribution in [2.45, 2.75) is 0 Å². The zero-order chi connectivity index (χ0) is 13.7. The van der Waals surface area contributed by atoms with Gasteiger partial charge in [-0.05, 0) is 24.3 Å². The summed E-state index contributed by atoms with van der Waals surface area (Å²) in [5.41, 5.74) is 1.13. The second-order valence-corrected chi connectivity index (χ2v) is 4.62. The molecule has 0 aliphatic carbocycles. The van der Waals surface area contributed by atoms with Crippen LogP contribution in [0.2, 0.25) is 10.0 Å². The predicted octanol–water partition coefficient (Wildman–Crippen LogP) is 4.25. The standard InChI is InChI=1S/C14H11Cl2NO2/c15-11-7-5-10(6-8-11)13(17-18)9-19-14-4-2-1-3-12(14)16/h1-8,18H,9H2/b17-13+. The summed E-state index contributed by atoms with van der Waals surface area (Å²) >= 11 is 11.8. The van der Waals surface area contributed by atoms with Crippen LogP contribution >= 0.6 is 23.2 Å². The summed E-state index contributed by atoms with van der Waals surface area (Å²) in [6.07, 6.45) is 0. The SMILES string of the molecule is O/N=C(\COc1ccccc1Cl)c1ccc(Cl)cc1. The average molecular weight is 296 g/mol. The third-order valence-electron chi connectivity index (χ3n) is 2.50. The van der Waals surface area contributed by atoms with Gasteiger partial charge >= 0.3 is 0 Å². The van der Waals surface area contributed by atoms with Gasteiger partial charge in [0, 0.05) is 10.6 Å². The lowest BCUT2D eigenvalue weighted by Crippen LogP contribution is -2.13. The third-order valence-corrected chi connectivity index (χ3v) is 3.06. The van der Waals surface area contributed by atoms with E-state index in [9.17, 15) is 0 Å². The maximum Gasteiger partial charge on any atom is 0.138 e. The minimum absolute atomic E-state index is 0.113. The highest BCUT2D eigenvalue weighted by Gasteiger charge is 2.07. The van der Waals surface area contributed by atoms with Crippen molar-refractivity contribution in [2.75, 3.05) is 6.61 Å². The molecular weight excluding hydrogens is 285 g/mol. The second kappa shape index (κ2) is 6.45. The Balaban J connectivity index is 2.09. The number of para-hydroxylation sites is 1. The van der Waals surface area contributed by atoms with E-state index in [1.807, 2.05) is 12.1 Å². The summed E-state index contributed by atoms with van der Waals surface area (Å²) in [5.74, 6) is 0.541. The largest absolute Gasteiger partial charge is 0.486 e. The van der Waals surface area contributed by atoms with Gasteiger partial charge in [0.25, 0.3) is 0 Å². The molecule has 0 unspecified atom stereocenters. The molecule has 3 nitrogen and oxygen atoms in total. The molecule has 0 fully saturated rings. The number of hydrogen-bond donors (Lipinski definition) is 1. The van der Waals surface area contributed by atoms with Crippen molar-refractivity contribution in [1.82, 2.24) is 0 Å². The molecule has 0 spiro atoms. The van der Waals surface area contributed by atoms with Crippen molar-refractivity contribution in [3.05, 3.63) is 64.1 Å². The zero-order valence-electron chi connectivity index (χ0n) is 9.88. The molecule has 0 radical (unpaired) electrons. The van der Waals surface area contributed by atoms with E-state index in [1.54, 1.807) is 36.4 Å². The van der Waals surface area contributed by atoms with E-state index in [-0.39, 0.29) is 6.61 Å². The van der Waals surface area contributed by atoms with Gasteiger partial charge in [-0.3, -0.25) is 0 Å². The van der Waals surface area contributed by atoms with Crippen LogP contribution < -0.4 is 4.74 Å². The van der Waals surface area contributed by atoms with Crippen molar-refractivity contribution in [3.63, 3.8) is 0 Å². The van der Waals surface area contributed by atoms with Crippen molar-refractivity contribution in [2.24, 2.45) is 5.16 Å². The van der Waals surface area contributed by atoms with Crippen molar-refractivity contribution in [3.8, 4) is 5.75 Å². The molecule has 0 aliphatic heterocycles. The fraction of sp³-hybridized carbons (Fsp3) is 0.0714. The molecule has 0 heterocycles. The predicted molar refractivity (Wildman–Crippen MR) is 76.7 cm³/mol. The van der Waals surface area contributed by atoms with Gasteiger partial charge in [0.05, 0.1) is 5.02 Å². The lowest BCUT2D eigenvalue weighted by Gasteiger charge is -2.09. The average Bonchev–Trinajstić information content (AvgIpc) is 2.43. The number of halogens is 2. The smallest absolute Gasteiger partial charge is 0.138 e. The van der Waals surface area contributed by atoms with Crippen molar-refractivity contribution >= 4 is 28.9 Å². The topological polar surface area (TPSA) is 41.8 Å². The minimum Gasteiger partial charge on any atom is -0.486 e. The van der Waals surface area contributed by atoms with Crippen LogP contribution in [0, 0.1) is 0 Å². The van der Waals surface area contributed by atoms with Gasteiger partial charge in [-0.15, -0.1) is 0 Å². The highest BCUT2D eigenvalue weighted by Crippen LogP contribution is 2.23. The van der Waals surface area contributed by atoms with Crippen molar-refractivity contribution < 1.29 is 9.94 Å². The Morgan fingerprint density at radius 1 is 1.05 bits per heavy atom. The Kier molecular flexibility index (Phi) is 4.66. The Labute approximate surface area is 121 Å².